The van der Waals surface area contributed by atoms with Crippen molar-refractivity contribution in [2.45, 2.75) is 78.8 Å². The number of allylic oxidation sites excluding steroid dienone is 1. The first-order chi connectivity index (χ1) is 18.3. The molecule has 7 nitrogen and oxygen atoms in total. The largest absolute Gasteiger partial charge is 0.497 e. The molecule has 0 bridgehead atoms. The van der Waals surface area contributed by atoms with Gasteiger partial charge in [-0.25, -0.2) is 0 Å². The highest BCUT2D eigenvalue weighted by Crippen LogP contribution is 2.39. The molecule has 2 aliphatic rings. The molecule has 0 spiro atoms. The molecule has 1 aliphatic heterocycles. The summed E-state index contributed by atoms with van der Waals surface area (Å²) in [5.41, 5.74) is 1.87. The molecule has 39 heavy (non-hydrogen) atoms. The Labute approximate surface area is 232 Å². The lowest BCUT2D eigenvalue weighted by molar-refractivity contribution is -0.127. The zero-order chi connectivity index (χ0) is 28.6. The first-order valence-electron chi connectivity index (χ1n) is 13.3. The second-order valence-corrected chi connectivity index (χ2v) is 12.1. The van der Waals surface area contributed by atoms with Crippen LogP contribution in [0.15, 0.2) is 42.0 Å². The fraction of sp³-hybridized carbons (Fsp3) is 0.484. The molecule has 2 fully saturated rings. The molecular weight excluding hydrogens is 495 g/mol. The van der Waals surface area contributed by atoms with Crippen molar-refractivity contribution in [2.24, 2.45) is 5.41 Å². The summed E-state index contributed by atoms with van der Waals surface area (Å²) >= 11 is 0. The van der Waals surface area contributed by atoms with Gasteiger partial charge in [-0.15, -0.1) is 0 Å². The molecule has 208 valence electrons. The fourth-order valence-corrected chi connectivity index (χ4v) is 4.92. The van der Waals surface area contributed by atoms with E-state index in [0.717, 1.165) is 22.3 Å². The minimum atomic E-state index is -0.658. The number of carbonyl (C=O) groups is 2. The van der Waals surface area contributed by atoms with Gasteiger partial charge in [0.05, 0.1) is 44.2 Å². The van der Waals surface area contributed by atoms with E-state index in [4.69, 9.17) is 23.5 Å². The van der Waals surface area contributed by atoms with Crippen LogP contribution in [0.2, 0.25) is 0 Å². The molecular formula is C31H39BO7. The third kappa shape index (κ3) is 6.13. The molecule has 2 aromatic carbocycles. The molecule has 1 saturated carbocycles. The first kappa shape index (κ1) is 29.1. The topological polar surface area (TPSA) is 80.3 Å². The maximum Gasteiger partial charge on any atom is 0.495 e. The van der Waals surface area contributed by atoms with E-state index >= 15 is 0 Å². The summed E-state index contributed by atoms with van der Waals surface area (Å²) in [6.07, 6.45) is 2.29. The van der Waals surface area contributed by atoms with E-state index < -0.39 is 18.3 Å². The SMILES string of the molecule is COc1ccc(COCc2c(B3OC(C)(C)C(C)(C)O3)ccc(OC)c2C=C2C(=O)CC(C)(C)CC2=O)cc1. The van der Waals surface area contributed by atoms with Gasteiger partial charge >= 0.3 is 7.12 Å². The van der Waals surface area contributed by atoms with Crippen LogP contribution in [-0.4, -0.2) is 44.1 Å². The van der Waals surface area contributed by atoms with Crippen LogP contribution in [0.3, 0.4) is 0 Å². The van der Waals surface area contributed by atoms with E-state index in [0.29, 0.717) is 30.8 Å². The normalized spacial score (nSPS) is 19.8. The van der Waals surface area contributed by atoms with Crippen molar-refractivity contribution in [2.75, 3.05) is 14.2 Å². The van der Waals surface area contributed by atoms with E-state index in [1.165, 1.54) is 0 Å². The maximum atomic E-state index is 13.1. The van der Waals surface area contributed by atoms with E-state index in [-0.39, 0.29) is 29.2 Å². The van der Waals surface area contributed by atoms with Crippen LogP contribution in [0.25, 0.3) is 6.08 Å². The number of hydrogen-bond acceptors (Lipinski definition) is 7. The Balaban J connectivity index is 1.75. The Morgan fingerprint density at radius 3 is 1.95 bits per heavy atom. The number of ether oxygens (including phenoxy) is 3. The highest BCUT2D eigenvalue weighted by atomic mass is 16.7. The molecule has 0 N–H and O–H groups in total. The summed E-state index contributed by atoms with van der Waals surface area (Å²) in [5.74, 6) is 0.985. The average Bonchev–Trinajstić information content (AvgIpc) is 3.07. The van der Waals surface area contributed by atoms with Crippen molar-refractivity contribution in [1.29, 1.82) is 0 Å². The zero-order valence-corrected chi connectivity index (χ0v) is 24.3. The molecule has 0 amide bonds. The second kappa shape index (κ2) is 10.9. The van der Waals surface area contributed by atoms with Gasteiger partial charge in [0.2, 0.25) is 0 Å². The van der Waals surface area contributed by atoms with Crippen molar-refractivity contribution in [3.05, 3.63) is 58.7 Å². The molecule has 0 atom stereocenters. The molecule has 2 aromatic rings. The Kier molecular flexibility index (Phi) is 8.13. The van der Waals surface area contributed by atoms with E-state index in [9.17, 15) is 9.59 Å². The standard InChI is InChI=1S/C31H39BO7/c1-29(2)16-26(33)23(27(34)17-29)15-22-24(19-37-18-20-9-11-21(35-7)12-10-20)25(13-14-28(22)36-8)32-38-30(3,4)31(5,6)39-32/h9-15H,16-19H2,1-8H3. The van der Waals surface area contributed by atoms with Crippen molar-refractivity contribution in [3.8, 4) is 11.5 Å². The Hall–Kier alpha value is -2.94. The number of benzene rings is 2. The van der Waals surface area contributed by atoms with Crippen LogP contribution in [0, 0.1) is 5.41 Å². The second-order valence-electron chi connectivity index (χ2n) is 12.1. The van der Waals surface area contributed by atoms with Crippen LogP contribution >= 0.6 is 0 Å². The van der Waals surface area contributed by atoms with Gasteiger partial charge in [-0.1, -0.05) is 32.0 Å². The summed E-state index contributed by atoms with van der Waals surface area (Å²) < 4.78 is 29.9. The minimum Gasteiger partial charge on any atom is -0.497 e. The van der Waals surface area contributed by atoms with E-state index in [2.05, 4.69) is 0 Å². The molecule has 1 aliphatic carbocycles. The Morgan fingerprint density at radius 2 is 1.41 bits per heavy atom. The van der Waals surface area contributed by atoms with Crippen molar-refractivity contribution >= 4 is 30.2 Å². The predicted molar refractivity (Wildman–Crippen MR) is 151 cm³/mol. The van der Waals surface area contributed by atoms with E-state index in [1.807, 2.05) is 77.9 Å². The number of hydrogen-bond donors (Lipinski definition) is 0. The Bertz CT molecular complexity index is 1240. The summed E-state index contributed by atoms with van der Waals surface area (Å²) in [4.78, 5) is 26.2. The van der Waals surface area contributed by atoms with Gasteiger partial charge in [0.1, 0.15) is 11.5 Å². The van der Waals surface area contributed by atoms with Gasteiger partial charge in [-0.05, 0) is 74.0 Å². The highest BCUT2D eigenvalue weighted by Gasteiger charge is 2.52. The smallest absolute Gasteiger partial charge is 0.495 e. The van der Waals surface area contributed by atoms with Gasteiger partial charge in [0, 0.05) is 18.4 Å². The van der Waals surface area contributed by atoms with Gasteiger partial charge in [0.15, 0.2) is 11.6 Å². The first-order valence-corrected chi connectivity index (χ1v) is 13.3. The quantitative estimate of drug-likeness (QED) is 0.266. The molecule has 1 heterocycles. The maximum absolute atomic E-state index is 13.1. The summed E-state index contributed by atoms with van der Waals surface area (Å²) in [6.45, 7) is 12.4. The van der Waals surface area contributed by atoms with Gasteiger partial charge in [0.25, 0.3) is 0 Å². The third-order valence-electron chi connectivity index (χ3n) is 7.92. The average molecular weight is 534 g/mol. The van der Waals surface area contributed by atoms with Crippen LogP contribution < -0.4 is 14.9 Å². The van der Waals surface area contributed by atoms with Crippen LogP contribution in [0.5, 0.6) is 11.5 Å². The Morgan fingerprint density at radius 1 is 0.821 bits per heavy atom. The third-order valence-corrected chi connectivity index (χ3v) is 7.92. The summed E-state index contributed by atoms with van der Waals surface area (Å²) in [6, 6.07) is 11.4. The van der Waals surface area contributed by atoms with Crippen molar-refractivity contribution in [1.82, 2.24) is 0 Å². The molecule has 0 radical (unpaired) electrons. The van der Waals surface area contributed by atoms with Crippen molar-refractivity contribution in [3.63, 3.8) is 0 Å². The van der Waals surface area contributed by atoms with Crippen LogP contribution in [0.1, 0.15) is 71.1 Å². The number of rotatable bonds is 8. The summed E-state index contributed by atoms with van der Waals surface area (Å²) in [7, 11) is 2.54. The van der Waals surface area contributed by atoms with Crippen LogP contribution in [0.4, 0.5) is 0 Å². The number of Topliss-reactive ketones (excluding diaryl/α,β-unsaturated/α-hetero) is 2. The molecule has 0 aromatic heterocycles. The molecule has 4 rings (SSSR count). The fourth-order valence-electron chi connectivity index (χ4n) is 4.92. The van der Waals surface area contributed by atoms with Gasteiger partial charge in [-0.2, -0.15) is 0 Å². The zero-order valence-electron chi connectivity index (χ0n) is 24.3. The lowest BCUT2D eigenvalue weighted by Gasteiger charge is -2.32. The summed E-state index contributed by atoms with van der Waals surface area (Å²) in [5, 5.41) is 0. The van der Waals surface area contributed by atoms with Crippen molar-refractivity contribution < 1.29 is 33.1 Å². The highest BCUT2D eigenvalue weighted by molar-refractivity contribution is 6.62. The number of methoxy groups -OCH3 is 2. The predicted octanol–water partition coefficient (Wildman–Crippen LogP) is 5.06. The number of carbonyl (C=O) groups excluding carboxylic acids is 2. The molecule has 8 heteroatoms. The lowest BCUT2D eigenvalue weighted by atomic mass is 9.72. The lowest BCUT2D eigenvalue weighted by Crippen LogP contribution is -2.41. The monoisotopic (exact) mass is 534 g/mol. The minimum absolute atomic E-state index is 0.163. The van der Waals surface area contributed by atoms with E-state index in [1.54, 1.807) is 20.3 Å². The van der Waals surface area contributed by atoms with Gasteiger partial charge < -0.3 is 23.5 Å². The number of ketones is 2. The van der Waals surface area contributed by atoms with Crippen LogP contribution in [-0.2, 0) is 36.8 Å². The molecule has 0 unspecified atom stereocenters. The molecule has 1 saturated heterocycles. The van der Waals surface area contributed by atoms with Gasteiger partial charge in [-0.3, -0.25) is 9.59 Å².